The number of aliphatic hydroxyl groups is 1. The van der Waals surface area contributed by atoms with E-state index in [4.69, 9.17) is 9.39 Å². The minimum atomic E-state index is -0.908. The van der Waals surface area contributed by atoms with Gasteiger partial charge < -0.3 is 19.4 Å². The van der Waals surface area contributed by atoms with Gasteiger partial charge in [-0.25, -0.2) is 4.79 Å². The van der Waals surface area contributed by atoms with E-state index in [-0.39, 0.29) is 6.09 Å². The van der Waals surface area contributed by atoms with E-state index < -0.39 is 16.8 Å². The molecule has 1 saturated heterocycles. The van der Waals surface area contributed by atoms with Crippen LogP contribution >= 0.6 is 0 Å². The molecule has 1 fully saturated rings. The van der Waals surface area contributed by atoms with Crippen molar-refractivity contribution in [3.8, 4) is 0 Å². The summed E-state index contributed by atoms with van der Waals surface area (Å²) in [6.07, 6.45) is -0.226. The lowest BCUT2D eigenvalue weighted by Gasteiger charge is -2.37. The van der Waals surface area contributed by atoms with Crippen LogP contribution in [-0.2, 0) is 15.9 Å². The predicted octanol–water partition coefficient (Wildman–Crippen LogP) is 2.28. The summed E-state index contributed by atoms with van der Waals surface area (Å²) < 4.78 is 11.4. The normalized spacial score (nSPS) is 16.6. The molecule has 1 amide bonds. The average molecular weight is 404 g/mol. The Labute approximate surface area is 176 Å². The summed E-state index contributed by atoms with van der Waals surface area (Å²) >= 11 is 0. The molecule has 0 atom stereocenters. The molecule has 0 aromatic heterocycles. The molecule has 162 valence electrons. The molecule has 1 aliphatic rings. The van der Waals surface area contributed by atoms with Gasteiger partial charge in [-0.2, -0.15) is 0 Å². The van der Waals surface area contributed by atoms with Gasteiger partial charge in [0, 0.05) is 32.7 Å². The molecule has 1 aromatic carbocycles. The summed E-state index contributed by atoms with van der Waals surface area (Å²) in [6.45, 7) is 16.9. The first kappa shape index (κ1) is 23.7. The van der Waals surface area contributed by atoms with Gasteiger partial charge in [-0.15, -0.1) is 0 Å². The van der Waals surface area contributed by atoms with Gasteiger partial charge >= 0.3 is 13.6 Å². The zero-order valence-electron chi connectivity index (χ0n) is 19.1. The van der Waals surface area contributed by atoms with E-state index in [0.717, 1.165) is 25.1 Å². The summed E-state index contributed by atoms with van der Waals surface area (Å²) in [4.78, 5) is 16.3. The third-order valence-electron chi connectivity index (χ3n) is 5.53. The zero-order valence-corrected chi connectivity index (χ0v) is 19.1. The molecule has 6 nitrogen and oxygen atoms in total. The molecule has 0 radical (unpaired) electrons. The first-order valence-electron chi connectivity index (χ1n) is 10.4. The number of hydrogen-bond acceptors (Lipinski definition) is 5. The third kappa shape index (κ3) is 7.32. The number of hydrogen-bond donors (Lipinski definition) is 1. The number of amides is 1. The van der Waals surface area contributed by atoms with Gasteiger partial charge in [0.1, 0.15) is 5.60 Å². The topological polar surface area (TPSA) is 62.2 Å². The van der Waals surface area contributed by atoms with Crippen LogP contribution in [0.1, 0.15) is 54.0 Å². The summed E-state index contributed by atoms with van der Waals surface area (Å²) in [5.41, 5.74) is 0.331. The van der Waals surface area contributed by atoms with E-state index >= 15 is 0 Å². The first-order valence-corrected chi connectivity index (χ1v) is 10.4. The van der Waals surface area contributed by atoms with Gasteiger partial charge in [0.15, 0.2) is 0 Å². The second-order valence-electron chi connectivity index (χ2n) is 9.92. The molecule has 1 aliphatic heterocycles. The van der Waals surface area contributed by atoms with Crippen molar-refractivity contribution in [2.24, 2.45) is 0 Å². The lowest BCUT2D eigenvalue weighted by atomic mass is 9.82. The minimum absolute atomic E-state index is 0.226. The smallest absolute Gasteiger partial charge is 0.410 e. The maximum absolute atomic E-state index is 12.2. The largest absolute Gasteiger partial charge is 0.444 e. The Balaban J connectivity index is 1.80. The second-order valence-corrected chi connectivity index (χ2v) is 9.92. The van der Waals surface area contributed by atoms with Crippen molar-refractivity contribution < 1.29 is 19.3 Å². The fourth-order valence-corrected chi connectivity index (χ4v) is 2.85. The maximum Gasteiger partial charge on any atom is 0.410 e. The molecule has 0 bridgehead atoms. The number of benzene rings is 1. The van der Waals surface area contributed by atoms with Crippen LogP contribution in [0.2, 0.25) is 0 Å². The molecule has 1 N–H and O–H groups in total. The Morgan fingerprint density at radius 1 is 1.00 bits per heavy atom. The highest BCUT2D eigenvalue weighted by atomic mass is 16.6. The van der Waals surface area contributed by atoms with Crippen LogP contribution in [0.3, 0.4) is 0 Å². The average Bonchev–Trinajstić information content (AvgIpc) is 2.59. The summed E-state index contributed by atoms with van der Waals surface area (Å²) in [5.74, 6) is 0. The van der Waals surface area contributed by atoms with Crippen molar-refractivity contribution in [1.82, 2.24) is 9.80 Å². The Morgan fingerprint density at radius 3 is 2.03 bits per heavy atom. The van der Waals surface area contributed by atoms with Gasteiger partial charge in [-0.05, 0) is 54.0 Å². The molecule has 1 heterocycles. The highest BCUT2D eigenvalue weighted by Crippen LogP contribution is 2.24. The van der Waals surface area contributed by atoms with Crippen LogP contribution in [0.4, 0.5) is 4.79 Å². The molecule has 0 aliphatic carbocycles. The molecule has 7 heteroatoms. The monoisotopic (exact) mass is 404 g/mol. The highest BCUT2D eigenvalue weighted by molar-refractivity contribution is 6.47. The standard InChI is InChI=1S/C22H37BN2O4/c1-20(2,3)28-19(26)25-14-12-24(13-15-25)16-17-8-10-18(11-9-17)23-29-22(6,7)21(4,5)27/h8-11,23,27H,12-16H2,1-7H3. The van der Waals surface area contributed by atoms with Crippen LogP contribution in [0.5, 0.6) is 0 Å². The van der Waals surface area contributed by atoms with E-state index in [0.29, 0.717) is 20.6 Å². The van der Waals surface area contributed by atoms with Gasteiger partial charge in [0.25, 0.3) is 0 Å². The zero-order chi connectivity index (χ0) is 21.9. The van der Waals surface area contributed by atoms with E-state index in [1.54, 1.807) is 18.7 Å². The van der Waals surface area contributed by atoms with Gasteiger partial charge in [-0.3, -0.25) is 4.90 Å². The fraction of sp³-hybridized carbons (Fsp3) is 0.682. The number of carbonyl (C=O) groups excluding carboxylic acids is 1. The second kappa shape index (κ2) is 9.06. The van der Waals surface area contributed by atoms with Crippen LogP contribution < -0.4 is 5.46 Å². The molecular weight excluding hydrogens is 367 g/mol. The maximum atomic E-state index is 12.2. The van der Waals surface area contributed by atoms with Gasteiger partial charge in [-0.1, -0.05) is 29.7 Å². The lowest BCUT2D eigenvalue weighted by molar-refractivity contribution is -0.0893. The number of carbonyl (C=O) groups is 1. The van der Waals surface area contributed by atoms with Crippen LogP contribution in [0.25, 0.3) is 0 Å². The highest BCUT2D eigenvalue weighted by Gasteiger charge is 2.35. The van der Waals surface area contributed by atoms with Crippen molar-refractivity contribution in [1.29, 1.82) is 0 Å². The van der Waals surface area contributed by atoms with Crippen LogP contribution in [0.15, 0.2) is 24.3 Å². The molecule has 1 aromatic rings. The van der Waals surface area contributed by atoms with E-state index in [2.05, 4.69) is 29.2 Å². The number of rotatable bonds is 6. The minimum Gasteiger partial charge on any atom is -0.444 e. The fourth-order valence-electron chi connectivity index (χ4n) is 2.85. The Kier molecular flexibility index (Phi) is 7.41. The molecule has 0 saturated carbocycles. The molecule has 2 rings (SSSR count). The van der Waals surface area contributed by atoms with E-state index in [1.165, 1.54) is 5.56 Å². The quantitative estimate of drug-likeness (QED) is 0.738. The number of nitrogens with zero attached hydrogens (tertiary/aromatic N) is 2. The van der Waals surface area contributed by atoms with Crippen molar-refractivity contribution in [3.05, 3.63) is 29.8 Å². The Bertz CT molecular complexity index is 670. The molecule has 29 heavy (non-hydrogen) atoms. The first-order chi connectivity index (χ1) is 13.3. The summed E-state index contributed by atoms with van der Waals surface area (Å²) in [6, 6.07) is 8.39. The molecular formula is C22H37BN2O4. The lowest BCUT2D eigenvalue weighted by Crippen LogP contribution is -2.49. The number of ether oxygens (including phenoxy) is 1. The summed E-state index contributed by atoms with van der Waals surface area (Å²) in [5, 5.41) is 10.2. The Hall–Kier alpha value is -1.57. The van der Waals surface area contributed by atoms with Crippen molar-refractivity contribution in [2.75, 3.05) is 26.2 Å². The van der Waals surface area contributed by atoms with Gasteiger partial charge in [0.05, 0.1) is 11.2 Å². The van der Waals surface area contributed by atoms with Crippen LogP contribution in [0, 0.1) is 0 Å². The molecule has 0 unspecified atom stereocenters. The van der Waals surface area contributed by atoms with Crippen molar-refractivity contribution in [2.45, 2.75) is 71.8 Å². The summed E-state index contributed by atoms with van der Waals surface area (Å²) in [7, 11) is 0.464. The third-order valence-corrected chi connectivity index (χ3v) is 5.53. The van der Waals surface area contributed by atoms with E-state index in [1.807, 2.05) is 34.6 Å². The molecule has 0 spiro atoms. The predicted molar refractivity (Wildman–Crippen MR) is 118 cm³/mol. The van der Waals surface area contributed by atoms with Crippen molar-refractivity contribution in [3.63, 3.8) is 0 Å². The van der Waals surface area contributed by atoms with Gasteiger partial charge in [0.2, 0.25) is 0 Å². The van der Waals surface area contributed by atoms with E-state index in [9.17, 15) is 9.90 Å². The SMILES string of the molecule is CC(C)(C)OC(=O)N1CCN(Cc2ccc(BOC(C)(C)C(C)(C)O)cc2)CC1. The Morgan fingerprint density at radius 2 is 1.55 bits per heavy atom. The van der Waals surface area contributed by atoms with Crippen molar-refractivity contribution >= 4 is 19.0 Å². The number of piperazine rings is 1. The van der Waals surface area contributed by atoms with Crippen LogP contribution in [-0.4, -0.2) is 71.5 Å².